The number of benzene rings is 2. The van der Waals surface area contributed by atoms with Crippen molar-refractivity contribution >= 4 is 11.8 Å². The minimum atomic E-state index is -0.700. The highest BCUT2D eigenvalue weighted by Crippen LogP contribution is 2.51. The van der Waals surface area contributed by atoms with Crippen molar-refractivity contribution in [3.05, 3.63) is 71.8 Å². The van der Waals surface area contributed by atoms with Gasteiger partial charge in [0.05, 0.1) is 0 Å². The molecule has 1 saturated heterocycles. The quantitative estimate of drug-likeness (QED) is 0.866. The minimum Gasteiger partial charge on any atom is -0.454 e. The van der Waals surface area contributed by atoms with Crippen LogP contribution < -0.4 is 5.32 Å². The van der Waals surface area contributed by atoms with Gasteiger partial charge in [0.2, 0.25) is 0 Å². The number of fused-ring (bicyclic) bond motifs is 1. The fraction of sp³-hybridized carbons (Fsp3) is 0.364. The van der Waals surface area contributed by atoms with Crippen LogP contribution in [0.3, 0.4) is 0 Å². The van der Waals surface area contributed by atoms with E-state index in [4.69, 9.17) is 4.74 Å². The maximum atomic E-state index is 13.0. The number of nitrogens with one attached hydrogen (secondary N) is 1. The van der Waals surface area contributed by atoms with Gasteiger partial charge in [-0.3, -0.25) is 9.59 Å². The molecule has 3 atom stereocenters. The summed E-state index contributed by atoms with van der Waals surface area (Å²) >= 11 is 0. The molecule has 1 saturated carbocycles. The first-order valence-electron chi connectivity index (χ1n) is 9.15. The van der Waals surface area contributed by atoms with E-state index >= 15 is 0 Å². The number of hydrogen-bond acceptors (Lipinski definition) is 4. The number of rotatable bonds is 3. The number of esters is 1. The Morgan fingerprint density at radius 2 is 1.58 bits per heavy atom. The molecular formula is C22H23NO3. The highest BCUT2D eigenvalue weighted by atomic mass is 16.5. The van der Waals surface area contributed by atoms with Gasteiger partial charge in [-0.15, -0.1) is 0 Å². The van der Waals surface area contributed by atoms with Gasteiger partial charge in [0.15, 0.2) is 11.9 Å². The highest BCUT2D eigenvalue weighted by molar-refractivity contribution is 5.90. The van der Waals surface area contributed by atoms with Crippen molar-refractivity contribution in [3.63, 3.8) is 0 Å². The Morgan fingerprint density at radius 1 is 1.00 bits per heavy atom. The van der Waals surface area contributed by atoms with E-state index in [9.17, 15) is 9.59 Å². The fourth-order valence-electron chi connectivity index (χ4n) is 4.88. The van der Waals surface area contributed by atoms with E-state index in [0.29, 0.717) is 13.0 Å². The van der Waals surface area contributed by atoms with Crippen molar-refractivity contribution in [2.75, 3.05) is 13.1 Å². The van der Waals surface area contributed by atoms with Crippen molar-refractivity contribution in [1.82, 2.24) is 5.32 Å². The van der Waals surface area contributed by atoms with Gasteiger partial charge in [-0.1, -0.05) is 60.7 Å². The molecule has 1 N–H and O–H groups in total. The lowest BCUT2D eigenvalue weighted by molar-refractivity contribution is -0.159. The Hall–Kier alpha value is -2.46. The van der Waals surface area contributed by atoms with Gasteiger partial charge in [-0.05, 0) is 23.6 Å². The van der Waals surface area contributed by atoms with E-state index in [0.717, 1.165) is 6.54 Å². The van der Waals surface area contributed by atoms with Gasteiger partial charge >= 0.3 is 5.97 Å². The molecule has 4 nitrogen and oxygen atoms in total. The summed E-state index contributed by atoms with van der Waals surface area (Å²) < 4.78 is 5.49. The highest BCUT2D eigenvalue weighted by Gasteiger charge is 2.57. The Kier molecular flexibility index (Phi) is 4.37. The number of carbonyl (C=O) groups excluding carboxylic acids is 2. The standard InChI is InChI=1S/C22H23NO3/c1-15(24)26-20-12-22(16-8-4-2-5-9-16,17-10-6-3-7-11-17)19-14-23-13-18(19)21(20)25/h2-11,18-20,23H,12-14H2,1H3. The summed E-state index contributed by atoms with van der Waals surface area (Å²) in [5, 5.41) is 3.40. The summed E-state index contributed by atoms with van der Waals surface area (Å²) in [5.41, 5.74) is 1.99. The largest absolute Gasteiger partial charge is 0.454 e. The first kappa shape index (κ1) is 17.0. The first-order valence-corrected chi connectivity index (χ1v) is 9.15. The van der Waals surface area contributed by atoms with E-state index < -0.39 is 12.1 Å². The number of ketones is 1. The van der Waals surface area contributed by atoms with Crippen LogP contribution in [0.15, 0.2) is 60.7 Å². The van der Waals surface area contributed by atoms with Crippen LogP contribution >= 0.6 is 0 Å². The zero-order chi connectivity index (χ0) is 18.1. The molecule has 1 aliphatic carbocycles. The second-order valence-corrected chi connectivity index (χ2v) is 7.28. The molecule has 3 unspecified atom stereocenters. The first-order chi connectivity index (χ1) is 12.6. The lowest BCUT2D eigenvalue weighted by atomic mass is 9.55. The van der Waals surface area contributed by atoms with Crippen LogP contribution in [-0.4, -0.2) is 30.9 Å². The zero-order valence-corrected chi connectivity index (χ0v) is 14.9. The van der Waals surface area contributed by atoms with Crippen LogP contribution in [-0.2, 0) is 19.7 Å². The summed E-state index contributed by atoms with van der Waals surface area (Å²) in [7, 11) is 0. The Morgan fingerprint density at radius 3 is 2.12 bits per heavy atom. The third-order valence-electron chi connectivity index (χ3n) is 5.92. The fourth-order valence-corrected chi connectivity index (χ4v) is 4.88. The zero-order valence-electron chi connectivity index (χ0n) is 14.9. The summed E-state index contributed by atoms with van der Waals surface area (Å²) in [5.74, 6) is -0.347. The topological polar surface area (TPSA) is 55.4 Å². The molecule has 134 valence electrons. The van der Waals surface area contributed by atoms with Crippen LogP contribution in [0.1, 0.15) is 24.5 Å². The van der Waals surface area contributed by atoms with Crippen molar-refractivity contribution in [1.29, 1.82) is 0 Å². The normalized spacial score (nSPS) is 27.0. The van der Waals surface area contributed by atoms with Crippen LogP contribution in [0.5, 0.6) is 0 Å². The smallest absolute Gasteiger partial charge is 0.303 e. The van der Waals surface area contributed by atoms with Crippen LogP contribution in [0.4, 0.5) is 0 Å². The molecular weight excluding hydrogens is 326 g/mol. The Labute approximate surface area is 153 Å². The molecule has 0 aromatic heterocycles. The monoisotopic (exact) mass is 349 g/mol. The second kappa shape index (κ2) is 6.69. The van der Waals surface area contributed by atoms with E-state index in [1.54, 1.807) is 0 Å². The van der Waals surface area contributed by atoms with Crippen molar-refractivity contribution in [3.8, 4) is 0 Å². The summed E-state index contributed by atoms with van der Waals surface area (Å²) in [6.45, 7) is 2.80. The maximum absolute atomic E-state index is 13.0. The summed E-state index contributed by atoms with van der Waals surface area (Å²) in [6.07, 6.45) is -0.212. The van der Waals surface area contributed by atoms with Crippen LogP contribution in [0.2, 0.25) is 0 Å². The van der Waals surface area contributed by atoms with Gasteiger partial charge in [-0.2, -0.15) is 0 Å². The number of ether oxygens (including phenoxy) is 1. The van der Waals surface area contributed by atoms with Gasteiger partial charge in [0.1, 0.15) is 0 Å². The van der Waals surface area contributed by atoms with Gasteiger partial charge < -0.3 is 10.1 Å². The van der Waals surface area contributed by atoms with Crippen molar-refractivity contribution in [2.24, 2.45) is 11.8 Å². The van der Waals surface area contributed by atoms with Crippen LogP contribution in [0, 0.1) is 11.8 Å². The molecule has 2 fully saturated rings. The van der Waals surface area contributed by atoms with Crippen molar-refractivity contribution in [2.45, 2.75) is 24.9 Å². The second-order valence-electron chi connectivity index (χ2n) is 7.28. The molecule has 26 heavy (non-hydrogen) atoms. The average molecular weight is 349 g/mol. The molecule has 2 aromatic rings. The molecule has 0 amide bonds. The van der Waals surface area contributed by atoms with E-state index in [1.807, 2.05) is 36.4 Å². The molecule has 1 heterocycles. The average Bonchev–Trinajstić information content (AvgIpc) is 3.16. The maximum Gasteiger partial charge on any atom is 0.303 e. The predicted molar refractivity (Wildman–Crippen MR) is 98.7 cm³/mol. The van der Waals surface area contributed by atoms with E-state index in [-0.39, 0.29) is 23.0 Å². The minimum absolute atomic E-state index is 0.0534. The third-order valence-corrected chi connectivity index (χ3v) is 5.92. The van der Waals surface area contributed by atoms with E-state index in [1.165, 1.54) is 18.1 Å². The number of hydrogen-bond donors (Lipinski definition) is 1. The Bertz CT molecular complexity index is 763. The molecule has 1 aliphatic heterocycles. The van der Waals surface area contributed by atoms with Crippen LogP contribution in [0.25, 0.3) is 0 Å². The summed E-state index contributed by atoms with van der Waals surface area (Å²) in [4.78, 5) is 24.6. The third kappa shape index (κ3) is 2.65. The molecule has 0 bridgehead atoms. The van der Waals surface area contributed by atoms with E-state index in [2.05, 4.69) is 29.6 Å². The molecule has 4 heteroatoms. The Balaban J connectivity index is 1.91. The predicted octanol–water partition coefficient (Wildman–Crippen LogP) is 2.71. The summed E-state index contributed by atoms with van der Waals surface area (Å²) in [6, 6.07) is 20.7. The van der Waals surface area contributed by atoms with Crippen molar-refractivity contribution < 1.29 is 14.3 Å². The van der Waals surface area contributed by atoms with Gasteiger partial charge in [0.25, 0.3) is 0 Å². The lowest BCUT2D eigenvalue weighted by Gasteiger charge is -2.48. The molecule has 2 aliphatic rings. The van der Waals surface area contributed by atoms with Gasteiger partial charge in [0, 0.05) is 31.2 Å². The number of carbonyl (C=O) groups is 2. The number of Topliss-reactive ketones (excluding diaryl/α,β-unsaturated/α-hetero) is 1. The SMILES string of the molecule is CC(=O)OC1CC(c2ccccc2)(c2ccccc2)C2CNCC2C1=O. The molecule has 0 spiro atoms. The lowest BCUT2D eigenvalue weighted by Crippen LogP contribution is -2.54. The van der Waals surface area contributed by atoms with Gasteiger partial charge in [-0.25, -0.2) is 0 Å². The molecule has 2 aromatic carbocycles. The molecule has 4 rings (SSSR count). The molecule has 0 radical (unpaired) electrons.